The Bertz CT molecular complexity index is 437. The monoisotopic (exact) mass is 207 g/mol. The summed E-state index contributed by atoms with van der Waals surface area (Å²) in [5, 5.41) is 11.3. The van der Waals surface area contributed by atoms with Gasteiger partial charge >= 0.3 is 0 Å². The van der Waals surface area contributed by atoms with Crippen molar-refractivity contribution < 1.29 is 0 Å². The maximum absolute atomic E-state index is 5.54. The van der Waals surface area contributed by atoms with E-state index in [0.717, 1.165) is 18.9 Å². The van der Waals surface area contributed by atoms with Gasteiger partial charge in [0.05, 0.1) is 12.4 Å². The van der Waals surface area contributed by atoms with Crippen LogP contribution in [0.5, 0.6) is 0 Å². The molecule has 0 aliphatic heterocycles. The van der Waals surface area contributed by atoms with Crippen LogP contribution in [0.2, 0.25) is 0 Å². The van der Waals surface area contributed by atoms with Gasteiger partial charge in [-0.3, -0.25) is 4.98 Å². The number of nitrogens with zero attached hydrogens (tertiary/aromatic N) is 6. The normalized spacial score (nSPS) is 10.8. The van der Waals surface area contributed by atoms with Crippen molar-refractivity contribution in [3.63, 3.8) is 0 Å². The van der Waals surface area contributed by atoms with E-state index in [4.69, 9.17) is 5.73 Å². The van der Waals surface area contributed by atoms with Crippen molar-refractivity contribution in [1.29, 1.82) is 0 Å². The second-order valence-corrected chi connectivity index (χ2v) is 3.08. The van der Waals surface area contributed by atoms with Crippen LogP contribution in [0.3, 0.4) is 0 Å². The second kappa shape index (κ2) is 4.18. The van der Waals surface area contributed by atoms with Gasteiger partial charge in [0.15, 0.2) is 11.5 Å². The Labute approximate surface area is 86.9 Å². The van der Waals surface area contributed by atoms with Crippen molar-refractivity contribution in [1.82, 2.24) is 25.0 Å². The van der Waals surface area contributed by atoms with E-state index in [2.05, 4.69) is 32.3 Å². The molecule has 2 N–H and O–H groups in total. The molecule has 2 aromatic rings. The molecular weight excluding hydrogens is 194 g/mol. The van der Waals surface area contributed by atoms with Gasteiger partial charge in [-0.1, -0.05) is 0 Å². The number of nitrogens with two attached hydrogens (primary N) is 1. The number of anilines is 1. The fourth-order valence-electron chi connectivity index (χ4n) is 1.47. The van der Waals surface area contributed by atoms with E-state index in [1.54, 1.807) is 16.9 Å². The lowest BCUT2D eigenvalue weighted by molar-refractivity contribution is 0.747. The topological polar surface area (TPSA) is 85.2 Å². The van der Waals surface area contributed by atoms with Crippen molar-refractivity contribution in [2.24, 2.45) is 5.73 Å². The molecule has 0 saturated carbocycles. The molecule has 0 amide bonds. The molecule has 0 saturated heterocycles. The molecule has 0 unspecified atom stereocenters. The van der Waals surface area contributed by atoms with E-state index >= 15 is 0 Å². The van der Waals surface area contributed by atoms with Crippen molar-refractivity contribution >= 4 is 11.5 Å². The van der Waals surface area contributed by atoms with Crippen LogP contribution >= 0.6 is 0 Å². The summed E-state index contributed by atoms with van der Waals surface area (Å²) < 4.78 is 1.66. The smallest absolute Gasteiger partial charge is 0.199 e. The highest BCUT2D eigenvalue weighted by atomic mass is 15.5. The molecule has 2 heterocycles. The summed E-state index contributed by atoms with van der Waals surface area (Å²) in [5.41, 5.74) is 6.18. The Morgan fingerprint density at radius 2 is 2.33 bits per heavy atom. The zero-order valence-electron chi connectivity index (χ0n) is 8.54. The first-order valence-electron chi connectivity index (χ1n) is 4.84. The number of fused-ring (bicyclic) bond motifs is 1. The predicted octanol–water partition coefficient (Wildman–Crippen LogP) is -0.696. The third kappa shape index (κ3) is 1.73. The number of hydrogen-bond acceptors (Lipinski definition) is 6. The van der Waals surface area contributed by atoms with Gasteiger partial charge < -0.3 is 10.6 Å². The molecule has 0 spiro atoms. The highest BCUT2D eigenvalue weighted by Crippen LogP contribution is 2.11. The van der Waals surface area contributed by atoms with E-state index in [1.165, 1.54) is 0 Å². The molecule has 0 fully saturated rings. The zero-order chi connectivity index (χ0) is 10.7. The van der Waals surface area contributed by atoms with Crippen LogP contribution in [0.25, 0.3) is 5.65 Å². The maximum atomic E-state index is 5.54. The molecular formula is C8H13N7. The minimum Gasteiger partial charge on any atom is -0.354 e. The van der Waals surface area contributed by atoms with Gasteiger partial charge in [0.1, 0.15) is 0 Å². The Hall–Kier alpha value is -1.76. The SMILES string of the molecule is CCN(CCN)c1cncc2nnnn12. The standard InChI is InChI=1S/C8H13N7/c1-2-14(4-3-9)8-6-10-5-7-11-12-13-15(7)8/h5-6H,2-4,9H2,1H3. The van der Waals surface area contributed by atoms with Crippen LogP contribution in [0.15, 0.2) is 12.4 Å². The summed E-state index contributed by atoms with van der Waals surface area (Å²) in [7, 11) is 0. The van der Waals surface area contributed by atoms with Crippen LogP contribution in [-0.2, 0) is 0 Å². The number of rotatable bonds is 4. The molecule has 0 aromatic carbocycles. The van der Waals surface area contributed by atoms with Gasteiger partial charge in [0.2, 0.25) is 0 Å². The van der Waals surface area contributed by atoms with Crippen LogP contribution < -0.4 is 10.6 Å². The Morgan fingerprint density at radius 3 is 3.07 bits per heavy atom. The molecule has 7 nitrogen and oxygen atoms in total. The molecule has 2 aromatic heterocycles. The second-order valence-electron chi connectivity index (χ2n) is 3.08. The van der Waals surface area contributed by atoms with Gasteiger partial charge in [-0.2, -0.15) is 4.52 Å². The first kappa shape index (κ1) is 9.78. The van der Waals surface area contributed by atoms with Gasteiger partial charge in [0, 0.05) is 19.6 Å². The molecule has 2 rings (SSSR count). The van der Waals surface area contributed by atoms with Crippen molar-refractivity contribution in [2.75, 3.05) is 24.5 Å². The van der Waals surface area contributed by atoms with Crippen molar-refractivity contribution in [3.8, 4) is 0 Å². The highest BCUT2D eigenvalue weighted by molar-refractivity contribution is 5.45. The third-order valence-electron chi connectivity index (χ3n) is 2.20. The number of aromatic nitrogens is 5. The molecule has 15 heavy (non-hydrogen) atoms. The molecule has 0 atom stereocenters. The summed E-state index contributed by atoms with van der Waals surface area (Å²) in [6, 6.07) is 0. The summed E-state index contributed by atoms with van der Waals surface area (Å²) in [5.74, 6) is 0.866. The maximum Gasteiger partial charge on any atom is 0.199 e. The zero-order valence-corrected chi connectivity index (χ0v) is 8.54. The van der Waals surface area contributed by atoms with Crippen LogP contribution in [0.4, 0.5) is 5.82 Å². The number of hydrogen-bond donors (Lipinski definition) is 1. The summed E-state index contributed by atoms with van der Waals surface area (Å²) in [6.07, 6.45) is 3.36. The summed E-state index contributed by atoms with van der Waals surface area (Å²) in [6.45, 7) is 4.25. The summed E-state index contributed by atoms with van der Waals surface area (Å²) >= 11 is 0. The van der Waals surface area contributed by atoms with Crippen LogP contribution in [-0.4, -0.2) is 44.7 Å². The van der Waals surface area contributed by atoms with E-state index < -0.39 is 0 Å². The Balaban J connectivity index is 2.44. The fraction of sp³-hybridized carbons (Fsp3) is 0.500. The lowest BCUT2D eigenvalue weighted by atomic mass is 10.4. The van der Waals surface area contributed by atoms with Gasteiger partial charge in [-0.05, 0) is 17.4 Å². The molecule has 0 aliphatic carbocycles. The Morgan fingerprint density at radius 1 is 1.47 bits per heavy atom. The quantitative estimate of drug-likeness (QED) is 0.714. The largest absolute Gasteiger partial charge is 0.354 e. The number of tetrazole rings is 1. The fourth-order valence-corrected chi connectivity index (χ4v) is 1.47. The molecule has 7 heteroatoms. The van der Waals surface area contributed by atoms with E-state index in [9.17, 15) is 0 Å². The lowest BCUT2D eigenvalue weighted by Gasteiger charge is -2.21. The predicted molar refractivity (Wildman–Crippen MR) is 55.5 cm³/mol. The number of likely N-dealkylation sites (N-methyl/N-ethyl adjacent to an activating group) is 1. The average molecular weight is 207 g/mol. The first-order chi connectivity index (χ1) is 7.36. The van der Waals surface area contributed by atoms with E-state index in [0.29, 0.717) is 12.2 Å². The molecule has 0 bridgehead atoms. The van der Waals surface area contributed by atoms with Crippen LogP contribution in [0.1, 0.15) is 6.92 Å². The average Bonchev–Trinajstić information content (AvgIpc) is 2.73. The third-order valence-corrected chi connectivity index (χ3v) is 2.20. The van der Waals surface area contributed by atoms with E-state index in [1.807, 2.05) is 0 Å². The molecule has 0 aliphatic rings. The van der Waals surface area contributed by atoms with Gasteiger partial charge in [-0.25, -0.2) is 0 Å². The van der Waals surface area contributed by atoms with Crippen molar-refractivity contribution in [2.45, 2.75) is 6.92 Å². The van der Waals surface area contributed by atoms with Gasteiger partial charge in [-0.15, -0.1) is 5.10 Å². The first-order valence-corrected chi connectivity index (χ1v) is 4.84. The van der Waals surface area contributed by atoms with E-state index in [-0.39, 0.29) is 0 Å². The van der Waals surface area contributed by atoms with Gasteiger partial charge in [0.25, 0.3) is 0 Å². The molecule has 0 radical (unpaired) electrons. The highest BCUT2D eigenvalue weighted by Gasteiger charge is 2.09. The summed E-state index contributed by atoms with van der Waals surface area (Å²) in [4.78, 5) is 6.17. The van der Waals surface area contributed by atoms with Crippen LogP contribution in [0, 0.1) is 0 Å². The Kier molecular flexibility index (Phi) is 2.72. The molecule has 80 valence electrons. The minimum absolute atomic E-state index is 0.590. The minimum atomic E-state index is 0.590. The lowest BCUT2D eigenvalue weighted by Crippen LogP contribution is -2.30. The van der Waals surface area contributed by atoms with Crippen molar-refractivity contribution in [3.05, 3.63) is 12.4 Å².